The number of hydrogen-bond acceptors (Lipinski definition) is 6. The fourth-order valence-corrected chi connectivity index (χ4v) is 3.77. The van der Waals surface area contributed by atoms with Crippen molar-refractivity contribution in [1.82, 2.24) is 15.3 Å². The Morgan fingerprint density at radius 2 is 1.90 bits per heavy atom. The van der Waals surface area contributed by atoms with Gasteiger partial charge < -0.3 is 20.3 Å². The maximum Gasteiger partial charge on any atom is 0.222 e. The van der Waals surface area contributed by atoms with Gasteiger partial charge in [0, 0.05) is 25.9 Å². The Hall–Kier alpha value is -2.83. The van der Waals surface area contributed by atoms with Crippen molar-refractivity contribution in [3.05, 3.63) is 42.2 Å². The van der Waals surface area contributed by atoms with Gasteiger partial charge in [0.15, 0.2) is 0 Å². The lowest BCUT2D eigenvalue weighted by atomic mass is 9.93. The zero-order valence-corrected chi connectivity index (χ0v) is 17.1. The molecule has 2 heterocycles. The largest absolute Gasteiger partial charge is 0.489 e. The van der Waals surface area contributed by atoms with E-state index in [1.54, 1.807) is 0 Å². The maximum atomic E-state index is 11.2. The first kappa shape index (κ1) is 19.5. The van der Waals surface area contributed by atoms with Gasteiger partial charge in [-0.1, -0.05) is 12.1 Å². The van der Waals surface area contributed by atoms with Crippen LogP contribution < -0.4 is 20.3 Å². The molecule has 1 aliphatic carbocycles. The molecule has 2 aliphatic rings. The molecule has 1 saturated carbocycles. The highest BCUT2D eigenvalue weighted by atomic mass is 16.5. The minimum atomic E-state index is -0.0281. The van der Waals surface area contributed by atoms with E-state index < -0.39 is 0 Å². The van der Waals surface area contributed by atoms with E-state index in [2.05, 4.69) is 25.5 Å². The Balaban J connectivity index is 1.29. The standard InChI is InChI=1S/C22H29N5O2/c1-15(25-16(2)28)17-6-8-20(9-7-17)29-21-10-11-27(14-21)19-12-23-22(24-13-19)26-18-4-3-5-18/h6-9,12-13,15,18,21H,3-5,10-11,14H2,1-2H3,(H,25,28)(H,23,24,26)/t15?,21-/m1/s1. The molecule has 2 fully saturated rings. The third-order valence-electron chi connectivity index (χ3n) is 5.69. The van der Waals surface area contributed by atoms with Gasteiger partial charge in [0.1, 0.15) is 11.9 Å². The van der Waals surface area contributed by atoms with E-state index >= 15 is 0 Å². The molecule has 2 atom stereocenters. The van der Waals surface area contributed by atoms with Gasteiger partial charge in [-0.25, -0.2) is 9.97 Å². The van der Waals surface area contributed by atoms with Crippen LogP contribution in [0.4, 0.5) is 11.6 Å². The first-order valence-electron chi connectivity index (χ1n) is 10.4. The Labute approximate surface area is 171 Å². The lowest BCUT2D eigenvalue weighted by Crippen LogP contribution is -2.28. The quantitative estimate of drug-likeness (QED) is 0.749. The second kappa shape index (κ2) is 8.68. The minimum Gasteiger partial charge on any atom is -0.489 e. The van der Waals surface area contributed by atoms with Crippen LogP contribution in [0.15, 0.2) is 36.7 Å². The average Bonchev–Trinajstić information content (AvgIpc) is 3.14. The number of benzene rings is 1. The van der Waals surface area contributed by atoms with Crippen molar-refractivity contribution in [1.29, 1.82) is 0 Å². The molecule has 29 heavy (non-hydrogen) atoms. The fraction of sp³-hybridized carbons (Fsp3) is 0.500. The summed E-state index contributed by atoms with van der Waals surface area (Å²) < 4.78 is 6.16. The molecular formula is C22H29N5O2. The maximum absolute atomic E-state index is 11.2. The predicted molar refractivity (Wildman–Crippen MR) is 113 cm³/mol. The van der Waals surface area contributed by atoms with Crippen LogP contribution in [0.3, 0.4) is 0 Å². The van der Waals surface area contributed by atoms with Crippen molar-refractivity contribution >= 4 is 17.5 Å². The summed E-state index contributed by atoms with van der Waals surface area (Å²) in [6.07, 6.45) is 8.62. The topological polar surface area (TPSA) is 79.4 Å². The van der Waals surface area contributed by atoms with E-state index in [1.807, 2.05) is 43.6 Å². The Morgan fingerprint density at radius 3 is 2.52 bits per heavy atom. The van der Waals surface area contributed by atoms with Gasteiger partial charge >= 0.3 is 0 Å². The molecule has 1 saturated heterocycles. The SMILES string of the molecule is CC(=O)NC(C)c1ccc(O[C@@H]2CCN(c3cnc(NC4CCC4)nc3)C2)cc1. The number of anilines is 2. The molecule has 4 rings (SSSR count). The molecule has 1 aromatic carbocycles. The molecule has 0 radical (unpaired) electrons. The molecule has 1 amide bonds. The first-order valence-corrected chi connectivity index (χ1v) is 10.4. The molecule has 2 N–H and O–H groups in total. The average molecular weight is 396 g/mol. The van der Waals surface area contributed by atoms with E-state index in [9.17, 15) is 4.79 Å². The van der Waals surface area contributed by atoms with E-state index in [-0.39, 0.29) is 18.1 Å². The van der Waals surface area contributed by atoms with Crippen LogP contribution in [0.1, 0.15) is 51.1 Å². The molecular weight excluding hydrogens is 366 g/mol. The number of nitrogens with zero attached hydrogens (tertiary/aromatic N) is 3. The normalized spacial score (nSPS) is 20.1. The zero-order chi connectivity index (χ0) is 20.2. The summed E-state index contributed by atoms with van der Waals surface area (Å²) in [7, 11) is 0. The Kier molecular flexibility index (Phi) is 5.83. The van der Waals surface area contributed by atoms with E-state index in [1.165, 1.54) is 26.2 Å². The molecule has 1 aromatic heterocycles. The second-order valence-corrected chi connectivity index (χ2v) is 8.00. The molecule has 7 heteroatoms. The van der Waals surface area contributed by atoms with Gasteiger partial charge in [-0.15, -0.1) is 0 Å². The van der Waals surface area contributed by atoms with Crippen molar-refractivity contribution < 1.29 is 9.53 Å². The van der Waals surface area contributed by atoms with Crippen molar-refractivity contribution in [2.75, 3.05) is 23.3 Å². The second-order valence-electron chi connectivity index (χ2n) is 8.00. The molecule has 1 unspecified atom stereocenters. The summed E-state index contributed by atoms with van der Waals surface area (Å²) >= 11 is 0. The number of nitrogens with one attached hydrogen (secondary N) is 2. The molecule has 0 spiro atoms. The van der Waals surface area contributed by atoms with Crippen molar-refractivity contribution in [2.45, 2.75) is 57.7 Å². The minimum absolute atomic E-state index is 0.00900. The number of aromatic nitrogens is 2. The molecule has 1 aliphatic heterocycles. The Bertz CT molecular complexity index is 820. The van der Waals surface area contributed by atoms with E-state index in [0.717, 1.165) is 42.5 Å². The number of carbonyl (C=O) groups is 1. The lowest BCUT2D eigenvalue weighted by Gasteiger charge is -2.26. The molecule has 0 bridgehead atoms. The van der Waals surface area contributed by atoms with Crippen LogP contribution in [0, 0.1) is 0 Å². The van der Waals surface area contributed by atoms with E-state index in [0.29, 0.717) is 6.04 Å². The summed E-state index contributed by atoms with van der Waals surface area (Å²) in [6, 6.07) is 8.48. The summed E-state index contributed by atoms with van der Waals surface area (Å²) in [5.41, 5.74) is 2.10. The molecule has 7 nitrogen and oxygen atoms in total. The Morgan fingerprint density at radius 1 is 1.17 bits per heavy atom. The highest BCUT2D eigenvalue weighted by Gasteiger charge is 2.25. The monoisotopic (exact) mass is 395 g/mol. The number of hydrogen-bond donors (Lipinski definition) is 2. The van der Waals surface area contributed by atoms with E-state index in [4.69, 9.17) is 4.74 Å². The van der Waals surface area contributed by atoms with Gasteiger partial charge in [-0.2, -0.15) is 0 Å². The van der Waals surface area contributed by atoms with Crippen LogP contribution >= 0.6 is 0 Å². The number of ether oxygens (including phenoxy) is 1. The summed E-state index contributed by atoms with van der Waals surface area (Å²) in [4.78, 5) is 22.4. The number of amides is 1. The van der Waals surface area contributed by atoms with Gasteiger partial charge in [-0.3, -0.25) is 4.79 Å². The van der Waals surface area contributed by atoms with Crippen molar-refractivity contribution in [3.63, 3.8) is 0 Å². The van der Waals surface area contributed by atoms with Crippen molar-refractivity contribution in [2.24, 2.45) is 0 Å². The molecule has 154 valence electrons. The molecule has 2 aromatic rings. The third-order valence-corrected chi connectivity index (χ3v) is 5.69. The van der Waals surface area contributed by atoms with Crippen LogP contribution in [-0.2, 0) is 4.79 Å². The zero-order valence-electron chi connectivity index (χ0n) is 17.1. The van der Waals surface area contributed by atoms with Crippen LogP contribution in [-0.4, -0.2) is 41.1 Å². The highest BCUT2D eigenvalue weighted by Crippen LogP contribution is 2.25. The van der Waals surface area contributed by atoms with Gasteiger partial charge in [0.05, 0.1) is 30.7 Å². The van der Waals surface area contributed by atoms with Crippen LogP contribution in [0.25, 0.3) is 0 Å². The third kappa shape index (κ3) is 4.96. The fourth-order valence-electron chi connectivity index (χ4n) is 3.77. The van der Waals surface area contributed by atoms with Crippen LogP contribution in [0.2, 0.25) is 0 Å². The number of rotatable bonds is 7. The van der Waals surface area contributed by atoms with Crippen molar-refractivity contribution in [3.8, 4) is 5.75 Å². The number of carbonyl (C=O) groups excluding carboxylic acids is 1. The summed E-state index contributed by atoms with van der Waals surface area (Å²) in [5, 5.41) is 6.27. The van der Waals surface area contributed by atoms with Gasteiger partial charge in [-0.05, 0) is 43.9 Å². The van der Waals surface area contributed by atoms with Gasteiger partial charge in [0.2, 0.25) is 11.9 Å². The lowest BCUT2D eigenvalue weighted by molar-refractivity contribution is -0.119. The van der Waals surface area contributed by atoms with Crippen LogP contribution in [0.5, 0.6) is 5.75 Å². The first-order chi connectivity index (χ1) is 14.1. The summed E-state index contributed by atoms with van der Waals surface area (Å²) in [5.74, 6) is 1.55. The highest BCUT2D eigenvalue weighted by molar-refractivity contribution is 5.73. The predicted octanol–water partition coefficient (Wildman–Crippen LogP) is 3.30. The smallest absolute Gasteiger partial charge is 0.222 e. The van der Waals surface area contributed by atoms with Gasteiger partial charge in [0.25, 0.3) is 0 Å². The summed E-state index contributed by atoms with van der Waals surface area (Å²) in [6.45, 7) is 5.26.